The number of fused-ring (bicyclic) bond motifs is 2. The molecular formula is C28H21BrCl2F2N4. The number of rotatable bonds is 3. The molecule has 0 aliphatic rings. The second kappa shape index (κ2) is 12.8. The Morgan fingerprint density at radius 1 is 0.730 bits per heavy atom. The first-order chi connectivity index (χ1) is 17.9. The van der Waals surface area contributed by atoms with Gasteiger partial charge in [0.15, 0.2) is 0 Å². The summed E-state index contributed by atoms with van der Waals surface area (Å²) in [7, 11) is 0. The zero-order valence-corrected chi connectivity index (χ0v) is 22.5. The molecule has 0 saturated heterocycles. The fraction of sp³-hybridized carbons (Fsp3) is 0.0714. The molecule has 0 aliphatic carbocycles. The summed E-state index contributed by atoms with van der Waals surface area (Å²) in [5, 5.41) is 4.13. The smallest absolute Gasteiger partial charge is 0.141 e. The molecule has 37 heavy (non-hydrogen) atoms. The highest BCUT2D eigenvalue weighted by molar-refractivity contribution is 9.08. The van der Waals surface area contributed by atoms with Gasteiger partial charge in [-0.05, 0) is 59.7 Å². The van der Waals surface area contributed by atoms with E-state index in [0.29, 0.717) is 11.6 Å². The van der Waals surface area contributed by atoms with Gasteiger partial charge < -0.3 is 9.55 Å². The lowest BCUT2D eigenvalue weighted by atomic mass is 10.2. The van der Waals surface area contributed by atoms with Gasteiger partial charge in [-0.3, -0.25) is 0 Å². The molecule has 9 heteroatoms. The monoisotopic (exact) mass is 600 g/mol. The molecule has 6 rings (SSSR count). The summed E-state index contributed by atoms with van der Waals surface area (Å²) in [5.74, 6) is -0.406. The minimum Gasteiger partial charge on any atom is -0.346 e. The third-order valence-electron chi connectivity index (χ3n) is 5.35. The van der Waals surface area contributed by atoms with E-state index in [-0.39, 0.29) is 11.6 Å². The van der Waals surface area contributed by atoms with Gasteiger partial charge in [0.1, 0.15) is 22.9 Å². The number of hydrogen-bond donors (Lipinski definition) is 1. The third-order valence-corrected chi connectivity index (χ3v) is 6.66. The molecule has 2 aromatic carbocycles. The lowest BCUT2D eigenvalue weighted by Crippen LogP contribution is -1.99. The Hall–Kier alpha value is -3.26. The predicted molar refractivity (Wildman–Crippen MR) is 150 cm³/mol. The van der Waals surface area contributed by atoms with E-state index in [1.165, 1.54) is 24.3 Å². The number of aromatic amines is 1. The molecule has 4 heterocycles. The molecule has 0 atom stereocenters. The SMILES string of the molecule is Clc1ccnc2[nH]ccc12.Fc1ccc(CBr)cc1.Fc1ccc(Cn2ccc3c(Cl)ccnc32)cc1. The van der Waals surface area contributed by atoms with Gasteiger partial charge in [0.2, 0.25) is 0 Å². The Morgan fingerprint density at radius 3 is 1.95 bits per heavy atom. The first-order valence-corrected chi connectivity index (χ1v) is 13.0. The van der Waals surface area contributed by atoms with E-state index in [4.69, 9.17) is 23.2 Å². The van der Waals surface area contributed by atoms with Crippen LogP contribution in [-0.2, 0) is 11.9 Å². The van der Waals surface area contributed by atoms with Gasteiger partial charge in [-0.15, -0.1) is 0 Å². The average Bonchev–Trinajstić information content (AvgIpc) is 3.56. The number of nitrogens with one attached hydrogen (secondary N) is 1. The van der Waals surface area contributed by atoms with E-state index in [2.05, 4.69) is 30.9 Å². The topological polar surface area (TPSA) is 46.5 Å². The predicted octanol–water partition coefficient (Wildman–Crippen LogP) is 8.81. The molecule has 188 valence electrons. The maximum Gasteiger partial charge on any atom is 0.141 e. The van der Waals surface area contributed by atoms with E-state index < -0.39 is 0 Å². The maximum absolute atomic E-state index is 12.8. The lowest BCUT2D eigenvalue weighted by molar-refractivity contribution is 0.626. The number of nitrogens with zero attached hydrogens (tertiary/aromatic N) is 3. The Morgan fingerprint density at radius 2 is 1.32 bits per heavy atom. The van der Waals surface area contributed by atoms with Crippen LogP contribution < -0.4 is 0 Å². The van der Waals surface area contributed by atoms with Crippen molar-refractivity contribution in [1.29, 1.82) is 0 Å². The lowest BCUT2D eigenvalue weighted by Gasteiger charge is -2.05. The normalized spacial score (nSPS) is 10.5. The van der Waals surface area contributed by atoms with E-state index in [1.54, 1.807) is 48.8 Å². The molecule has 0 aliphatic heterocycles. The number of pyridine rings is 2. The minimum atomic E-state index is -0.225. The molecule has 4 aromatic heterocycles. The number of alkyl halides is 1. The second-order valence-electron chi connectivity index (χ2n) is 7.89. The van der Waals surface area contributed by atoms with E-state index in [9.17, 15) is 8.78 Å². The minimum absolute atomic E-state index is 0.181. The third kappa shape index (κ3) is 7.16. The van der Waals surface area contributed by atoms with Crippen molar-refractivity contribution in [3.8, 4) is 0 Å². The first kappa shape index (κ1) is 26.8. The highest BCUT2D eigenvalue weighted by Crippen LogP contribution is 2.23. The van der Waals surface area contributed by atoms with E-state index in [0.717, 1.165) is 43.5 Å². The first-order valence-electron chi connectivity index (χ1n) is 11.2. The molecule has 0 saturated carbocycles. The number of H-pyrrole nitrogens is 1. The molecule has 0 radical (unpaired) electrons. The molecular weight excluding hydrogens is 581 g/mol. The van der Waals surface area contributed by atoms with Crippen LogP contribution in [0.4, 0.5) is 8.78 Å². The number of halogens is 5. The molecule has 4 nitrogen and oxygen atoms in total. The Labute approximate surface area is 231 Å². The summed E-state index contributed by atoms with van der Waals surface area (Å²) >= 11 is 15.2. The van der Waals surface area contributed by atoms with Crippen molar-refractivity contribution < 1.29 is 8.78 Å². The van der Waals surface area contributed by atoms with Crippen LogP contribution in [0.25, 0.3) is 22.1 Å². The van der Waals surface area contributed by atoms with Crippen LogP contribution in [0.1, 0.15) is 11.1 Å². The van der Waals surface area contributed by atoms with Crippen molar-refractivity contribution >= 4 is 61.2 Å². The largest absolute Gasteiger partial charge is 0.346 e. The fourth-order valence-corrected chi connectivity index (χ4v) is 4.26. The van der Waals surface area contributed by atoms with Crippen molar-refractivity contribution in [3.05, 3.63) is 130 Å². The average molecular weight is 602 g/mol. The summed E-state index contributed by atoms with van der Waals surface area (Å²) in [5.41, 5.74) is 3.80. The quantitative estimate of drug-likeness (QED) is 0.206. The number of benzene rings is 2. The van der Waals surface area contributed by atoms with E-state index in [1.807, 2.05) is 29.1 Å². The summed E-state index contributed by atoms with van der Waals surface area (Å²) in [4.78, 5) is 11.3. The fourth-order valence-electron chi connectivity index (χ4n) is 3.47. The maximum atomic E-state index is 12.8. The van der Waals surface area contributed by atoms with E-state index >= 15 is 0 Å². The summed E-state index contributed by atoms with van der Waals surface area (Å²) in [6.45, 7) is 0.650. The Bertz CT molecular complexity index is 1580. The van der Waals surface area contributed by atoms with Crippen LogP contribution in [0, 0.1) is 11.6 Å². The van der Waals surface area contributed by atoms with Crippen LogP contribution in [0.15, 0.2) is 97.6 Å². The zero-order valence-electron chi connectivity index (χ0n) is 19.4. The second-order valence-corrected chi connectivity index (χ2v) is 9.27. The van der Waals surface area contributed by atoms with Crippen LogP contribution in [0.2, 0.25) is 10.0 Å². The number of hydrogen-bond acceptors (Lipinski definition) is 2. The Kier molecular flexibility index (Phi) is 9.28. The summed E-state index contributed by atoms with van der Waals surface area (Å²) < 4.78 is 27.0. The molecule has 0 bridgehead atoms. The number of aromatic nitrogens is 4. The molecule has 0 fully saturated rings. The summed E-state index contributed by atoms with van der Waals surface area (Å²) in [6, 6.07) is 20.3. The van der Waals surface area contributed by atoms with Crippen molar-refractivity contribution in [2.75, 3.05) is 0 Å². The van der Waals surface area contributed by atoms with Gasteiger partial charge in [0.25, 0.3) is 0 Å². The highest BCUT2D eigenvalue weighted by atomic mass is 79.9. The standard InChI is InChI=1S/C14H10ClFN2.C7H6BrF.C7H5ClN2/c15-13-5-7-17-14-12(13)6-8-18(14)9-10-1-3-11(16)4-2-10;8-5-6-1-3-7(9)4-2-6;8-6-2-4-10-7-5(6)1-3-9-7/h1-8H,9H2;1-4H,5H2;1-4H,(H,9,10). The van der Waals surface area contributed by atoms with Crippen molar-refractivity contribution in [2.45, 2.75) is 11.9 Å². The van der Waals surface area contributed by atoms with Crippen LogP contribution in [-0.4, -0.2) is 19.5 Å². The molecule has 0 spiro atoms. The van der Waals surface area contributed by atoms with Crippen LogP contribution >= 0.6 is 39.1 Å². The molecule has 6 aromatic rings. The van der Waals surface area contributed by atoms with Crippen molar-refractivity contribution in [2.24, 2.45) is 0 Å². The van der Waals surface area contributed by atoms with Gasteiger partial charge in [-0.1, -0.05) is 63.4 Å². The van der Waals surface area contributed by atoms with Gasteiger partial charge in [0.05, 0.1) is 10.0 Å². The highest BCUT2D eigenvalue weighted by Gasteiger charge is 2.06. The van der Waals surface area contributed by atoms with Crippen molar-refractivity contribution in [1.82, 2.24) is 19.5 Å². The zero-order chi connectivity index (χ0) is 26.2. The molecule has 0 amide bonds. The van der Waals surface area contributed by atoms with Crippen LogP contribution in [0.5, 0.6) is 0 Å². The molecule has 0 unspecified atom stereocenters. The van der Waals surface area contributed by atoms with Gasteiger partial charge >= 0.3 is 0 Å². The molecule has 1 N–H and O–H groups in total. The Balaban J connectivity index is 0.000000143. The van der Waals surface area contributed by atoms with Crippen molar-refractivity contribution in [3.63, 3.8) is 0 Å². The van der Waals surface area contributed by atoms with Gasteiger partial charge in [-0.25, -0.2) is 18.7 Å². The van der Waals surface area contributed by atoms with Gasteiger partial charge in [0, 0.05) is 47.4 Å². The van der Waals surface area contributed by atoms with Crippen LogP contribution in [0.3, 0.4) is 0 Å². The summed E-state index contributed by atoms with van der Waals surface area (Å²) in [6.07, 6.45) is 7.13. The van der Waals surface area contributed by atoms with Gasteiger partial charge in [-0.2, -0.15) is 0 Å².